The number of aryl methyl sites for hydroxylation is 1. The van der Waals surface area contributed by atoms with E-state index in [1.165, 1.54) is 5.56 Å². The zero-order valence-electron chi connectivity index (χ0n) is 18.1. The van der Waals surface area contributed by atoms with Crippen molar-refractivity contribution in [2.75, 3.05) is 19.5 Å². The van der Waals surface area contributed by atoms with Crippen LogP contribution in [0.25, 0.3) is 0 Å². The summed E-state index contributed by atoms with van der Waals surface area (Å²) in [5.41, 5.74) is 4.08. The van der Waals surface area contributed by atoms with Crippen LogP contribution in [-0.4, -0.2) is 26.2 Å². The van der Waals surface area contributed by atoms with Gasteiger partial charge in [0, 0.05) is 26.3 Å². The molecule has 1 unspecified atom stereocenters. The first-order valence-electron chi connectivity index (χ1n) is 10.8. The third-order valence-electron chi connectivity index (χ3n) is 6.63. The molecule has 2 aromatic carbocycles. The van der Waals surface area contributed by atoms with Crippen molar-refractivity contribution in [1.29, 1.82) is 0 Å². The zero-order valence-corrected chi connectivity index (χ0v) is 18.1. The quantitative estimate of drug-likeness (QED) is 0.718. The molecule has 1 saturated carbocycles. The molecule has 1 N–H and O–H groups in total. The van der Waals surface area contributed by atoms with Gasteiger partial charge in [-0.3, -0.25) is 4.79 Å². The molecule has 0 bridgehead atoms. The highest BCUT2D eigenvalue weighted by atomic mass is 16.5. The predicted molar refractivity (Wildman–Crippen MR) is 117 cm³/mol. The molecule has 0 spiro atoms. The highest BCUT2D eigenvalue weighted by Gasteiger charge is 2.37. The molecule has 1 amide bonds. The molecule has 1 heterocycles. The second-order valence-electron chi connectivity index (χ2n) is 8.39. The molecule has 2 aromatic rings. The topological polar surface area (TPSA) is 56.8 Å². The number of hydrogen-bond donors (Lipinski definition) is 1. The van der Waals surface area contributed by atoms with Gasteiger partial charge in [0.05, 0.1) is 11.7 Å². The fraction of sp³-hybridized carbons (Fsp3) is 0.480. The zero-order chi connectivity index (χ0) is 21.1. The van der Waals surface area contributed by atoms with Gasteiger partial charge in [0.1, 0.15) is 11.9 Å². The summed E-state index contributed by atoms with van der Waals surface area (Å²) in [7, 11) is 3.59. The van der Waals surface area contributed by atoms with E-state index in [0.717, 1.165) is 54.7 Å². The van der Waals surface area contributed by atoms with E-state index in [-0.39, 0.29) is 17.6 Å². The van der Waals surface area contributed by atoms with Gasteiger partial charge < -0.3 is 19.5 Å². The van der Waals surface area contributed by atoms with Gasteiger partial charge in [-0.2, -0.15) is 0 Å². The second kappa shape index (κ2) is 8.78. The Morgan fingerprint density at radius 3 is 2.60 bits per heavy atom. The molecule has 5 heteroatoms. The van der Waals surface area contributed by atoms with Crippen LogP contribution in [0.15, 0.2) is 42.5 Å². The second-order valence-corrected chi connectivity index (χ2v) is 8.39. The summed E-state index contributed by atoms with van der Waals surface area (Å²) in [5.74, 6) is 0.930. The van der Waals surface area contributed by atoms with E-state index in [2.05, 4.69) is 30.4 Å². The summed E-state index contributed by atoms with van der Waals surface area (Å²) < 4.78 is 17.9. The van der Waals surface area contributed by atoms with Crippen LogP contribution >= 0.6 is 0 Å². The Morgan fingerprint density at radius 2 is 1.87 bits per heavy atom. The maximum absolute atomic E-state index is 11.6. The van der Waals surface area contributed by atoms with Crippen molar-refractivity contribution < 1.29 is 19.0 Å². The van der Waals surface area contributed by atoms with Gasteiger partial charge in [0.15, 0.2) is 0 Å². The third kappa shape index (κ3) is 4.23. The lowest BCUT2D eigenvalue weighted by atomic mass is 9.78. The smallest absolute Gasteiger partial charge is 0.224 e. The van der Waals surface area contributed by atoms with Crippen molar-refractivity contribution in [2.24, 2.45) is 0 Å². The average molecular weight is 410 g/mol. The number of carbonyl (C=O) groups is 1. The Kier molecular flexibility index (Phi) is 6.11. The Balaban J connectivity index is 1.50. The van der Waals surface area contributed by atoms with Gasteiger partial charge in [0.25, 0.3) is 0 Å². The van der Waals surface area contributed by atoms with Gasteiger partial charge >= 0.3 is 0 Å². The van der Waals surface area contributed by atoms with Crippen molar-refractivity contribution >= 4 is 11.6 Å². The Hall–Kier alpha value is -2.37. The molecular weight excluding hydrogens is 378 g/mol. The molecule has 1 fully saturated rings. The van der Waals surface area contributed by atoms with E-state index in [1.807, 2.05) is 24.3 Å². The molecule has 2 aliphatic rings. The Labute approximate surface area is 178 Å². The Bertz CT molecular complexity index is 902. The maximum Gasteiger partial charge on any atom is 0.224 e. The summed E-state index contributed by atoms with van der Waals surface area (Å²) >= 11 is 0. The normalized spacial score (nSPS) is 24.6. The maximum atomic E-state index is 11.6. The number of rotatable bonds is 6. The van der Waals surface area contributed by atoms with Crippen LogP contribution in [-0.2, 0) is 26.3 Å². The van der Waals surface area contributed by atoms with Gasteiger partial charge in [-0.15, -0.1) is 0 Å². The van der Waals surface area contributed by atoms with E-state index in [0.29, 0.717) is 12.5 Å². The predicted octanol–water partition coefficient (Wildman–Crippen LogP) is 5.14. The minimum Gasteiger partial charge on any atom is -0.486 e. The average Bonchev–Trinajstić information content (AvgIpc) is 2.79. The number of methoxy groups -OCH3 is 2. The van der Waals surface area contributed by atoms with Crippen LogP contribution in [0, 0.1) is 0 Å². The fourth-order valence-electron chi connectivity index (χ4n) is 4.69. The molecule has 0 aromatic heterocycles. The molecule has 5 nitrogen and oxygen atoms in total. The largest absolute Gasteiger partial charge is 0.486 e. The summed E-state index contributed by atoms with van der Waals surface area (Å²) in [6, 6.07) is 14.5. The molecule has 0 radical (unpaired) electrons. The molecule has 30 heavy (non-hydrogen) atoms. The number of hydrogen-bond acceptors (Lipinski definition) is 4. The first-order chi connectivity index (χ1) is 14.5. The third-order valence-corrected chi connectivity index (χ3v) is 6.63. The molecule has 160 valence electrons. The van der Waals surface area contributed by atoms with E-state index >= 15 is 0 Å². The number of carbonyl (C=O) groups excluding carboxylic acids is 1. The number of amides is 1. The number of nitrogens with one attached hydrogen (secondary N) is 1. The fourth-order valence-corrected chi connectivity index (χ4v) is 4.69. The van der Waals surface area contributed by atoms with Crippen molar-refractivity contribution in [1.82, 2.24) is 0 Å². The van der Waals surface area contributed by atoms with Crippen molar-refractivity contribution in [3.8, 4) is 5.75 Å². The highest BCUT2D eigenvalue weighted by Crippen LogP contribution is 2.42. The molecule has 4 rings (SSSR count). The van der Waals surface area contributed by atoms with E-state index < -0.39 is 0 Å². The molecular formula is C25H31NO4. The summed E-state index contributed by atoms with van der Waals surface area (Å²) in [4.78, 5) is 11.6. The molecule has 1 aliphatic heterocycles. The Morgan fingerprint density at radius 1 is 1.07 bits per heavy atom. The minimum absolute atomic E-state index is 0.0861. The SMILES string of the molecule is COC1CCC(OC)(c2cccc(OC(C)c3ccc4c(c3)CCC(=O)N4)c2)CC1. The van der Waals surface area contributed by atoms with Crippen LogP contribution in [0.3, 0.4) is 0 Å². The van der Waals surface area contributed by atoms with Gasteiger partial charge in [-0.25, -0.2) is 0 Å². The summed E-state index contributed by atoms with van der Waals surface area (Å²) in [5, 5.41) is 2.93. The van der Waals surface area contributed by atoms with Crippen LogP contribution in [0.1, 0.15) is 61.8 Å². The molecule has 1 aliphatic carbocycles. The van der Waals surface area contributed by atoms with Crippen LogP contribution in [0.5, 0.6) is 5.75 Å². The molecule has 0 saturated heterocycles. The number of fused-ring (bicyclic) bond motifs is 1. The minimum atomic E-state index is -0.276. The number of ether oxygens (including phenoxy) is 3. The first-order valence-corrected chi connectivity index (χ1v) is 10.8. The lowest BCUT2D eigenvalue weighted by Crippen LogP contribution is -2.35. The van der Waals surface area contributed by atoms with Gasteiger partial charge in [-0.1, -0.05) is 24.3 Å². The van der Waals surface area contributed by atoms with E-state index in [9.17, 15) is 4.79 Å². The molecule has 1 atom stereocenters. The summed E-state index contributed by atoms with van der Waals surface area (Å²) in [6.45, 7) is 2.06. The number of anilines is 1. The van der Waals surface area contributed by atoms with E-state index in [1.54, 1.807) is 14.2 Å². The lowest BCUT2D eigenvalue weighted by Gasteiger charge is -2.39. The lowest BCUT2D eigenvalue weighted by molar-refractivity contribution is -0.116. The van der Waals surface area contributed by atoms with Gasteiger partial charge in [0.2, 0.25) is 5.91 Å². The van der Waals surface area contributed by atoms with Crippen molar-refractivity contribution in [3.63, 3.8) is 0 Å². The standard InChI is InChI=1S/C25H31NO4/c1-17(18-7-9-23-19(15-18)8-10-24(27)26-23)30-22-6-4-5-20(16-22)25(29-3)13-11-21(28-2)12-14-25/h4-7,9,15-17,21H,8,10-14H2,1-3H3,(H,26,27). The monoisotopic (exact) mass is 409 g/mol. The highest BCUT2D eigenvalue weighted by molar-refractivity contribution is 5.93. The van der Waals surface area contributed by atoms with Crippen LogP contribution in [0.4, 0.5) is 5.69 Å². The van der Waals surface area contributed by atoms with Gasteiger partial charge in [-0.05, 0) is 73.9 Å². The van der Waals surface area contributed by atoms with Crippen LogP contribution in [0.2, 0.25) is 0 Å². The first kappa shape index (κ1) is 20.9. The van der Waals surface area contributed by atoms with Crippen molar-refractivity contribution in [3.05, 3.63) is 59.2 Å². The van der Waals surface area contributed by atoms with Crippen LogP contribution < -0.4 is 10.1 Å². The van der Waals surface area contributed by atoms with E-state index in [4.69, 9.17) is 14.2 Å². The number of benzene rings is 2. The summed E-state index contributed by atoms with van der Waals surface area (Å²) in [6.07, 6.45) is 5.42. The van der Waals surface area contributed by atoms with Crippen molar-refractivity contribution in [2.45, 2.75) is 63.3 Å².